The Hall–Kier alpha value is -3.40. The molecule has 0 unspecified atom stereocenters. The van der Waals surface area contributed by atoms with E-state index in [1.165, 1.54) is 18.2 Å². The van der Waals surface area contributed by atoms with Gasteiger partial charge in [0.25, 0.3) is 5.56 Å². The molecular weight excluding hydrogens is 409 g/mol. The third kappa shape index (κ3) is 5.35. The van der Waals surface area contributed by atoms with Crippen LogP contribution < -0.4 is 21.5 Å². The predicted octanol–water partition coefficient (Wildman–Crippen LogP) is 2.21. The number of halogens is 1. The van der Waals surface area contributed by atoms with E-state index in [4.69, 9.17) is 10.6 Å². The second kappa shape index (κ2) is 9.88. The normalized spacial score (nSPS) is 10.6. The number of nitrogens with one attached hydrogen (secondary N) is 1. The van der Waals surface area contributed by atoms with E-state index in [1.807, 2.05) is 31.2 Å². The number of anilines is 1. The first-order valence-electron chi connectivity index (χ1n) is 9.10. The maximum atomic E-state index is 13.6. The molecule has 8 nitrogen and oxygen atoms in total. The molecule has 0 spiro atoms. The first-order valence-corrected chi connectivity index (χ1v) is 10.1. The average Bonchev–Trinajstić information content (AvgIpc) is 2.74. The van der Waals surface area contributed by atoms with Gasteiger partial charge in [0, 0.05) is 6.42 Å². The van der Waals surface area contributed by atoms with Crippen molar-refractivity contribution >= 4 is 23.4 Å². The van der Waals surface area contributed by atoms with Crippen molar-refractivity contribution in [1.82, 2.24) is 14.9 Å². The van der Waals surface area contributed by atoms with Crippen LogP contribution in [-0.4, -0.2) is 33.1 Å². The molecule has 0 bridgehead atoms. The SMILES string of the molecule is CCOc1ccc(Cc2nnc(SCC(=O)Nc3ccccc3F)n(N)c2=O)cc1. The fourth-order valence-electron chi connectivity index (χ4n) is 2.57. The molecule has 3 N–H and O–H groups in total. The third-order valence-corrected chi connectivity index (χ3v) is 4.96. The molecule has 0 atom stereocenters. The number of rotatable bonds is 8. The van der Waals surface area contributed by atoms with Gasteiger partial charge in [0.05, 0.1) is 18.0 Å². The lowest BCUT2D eigenvalue weighted by molar-refractivity contribution is -0.113. The number of thioether (sulfide) groups is 1. The lowest BCUT2D eigenvalue weighted by atomic mass is 10.1. The van der Waals surface area contributed by atoms with Crippen molar-refractivity contribution in [2.24, 2.45) is 0 Å². The van der Waals surface area contributed by atoms with Gasteiger partial charge in [-0.2, -0.15) is 4.68 Å². The molecule has 0 saturated carbocycles. The standard InChI is InChI=1S/C20H20FN5O3S/c1-2-29-14-9-7-13(8-10-14)11-17-19(28)26(22)20(25-24-17)30-12-18(27)23-16-6-4-3-5-15(16)21/h3-10H,2,11-12,22H2,1H3,(H,23,27). The Bertz CT molecular complexity index is 1090. The van der Waals surface area contributed by atoms with Crippen LogP contribution in [0, 0.1) is 5.82 Å². The molecule has 3 rings (SSSR count). The van der Waals surface area contributed by atoms with Crippen molar-refractivity contribution < 1.29 is 13.9 Å². The molecule has 0 aliphatic carbocycles. The van der Waals surface area contributed by atoms with E-state index in [1.54, 1.807) is 6.07 Å². The number of aromatic nitrogens is 3. The topological polar surface area (TPSA) is 112 Å². The van der Waals surface area contributed by atoms with E-state index >= 15 is 0 Å². The van der Waals surface area contributed by atoms with Gasteiger partial charge in [-0.3, -0.25) is 9.59 Å². The van der Waals surface area contributed by atoms with Crippen LogP contribution in [-0.2, 0) is 11.2 Å². The number of para-hydroxylation sites is 1. The summed E-state index contributed by atoms with van der Waals surface area (Å²) in [6.07, 6.45) is 0.258. The van der Waals surface area contributed by atoms with Crippen LogP contribution in [0.1, 0.15) is 18.2 Å². The second-order valence-electron chi connectivity index (χ2n) is 6.17. The minimum absolute atomic E-state index is 0.0741. The molecule has 30 heavy (non-hydrogen) atoms. The predicted molar refractivity (Wildman–Crippen MR) is 113 cm³/mol. The van der Waals surface area contributed by atoms with Crippen LogP contribution in [0.2, 0.25) is 0 Å². The van der Waals surface area contributed by atoms with Crippen LogP contribution in [0.25, 0.3) is 0 Å². The van der Waals surface area contributed by atoms with Gasteiger partial charge in [-0.1, -0.05) is 36.0 Å². The zero-order valence-corrected chi connectivity index (χ0v) is 17.0. The van der Waals surface area contributed by atoms with Gasteiger partial charge in [0.2, 0.25) is 11.1 Å². The third-order valence-electron chi connectivity index (χ3n) is 4.01. The molecule has 0 aliphatic rings. The van der Waals surface area contributed by atoms with Crippen molar-refractivity contribution in [1.29, 1.82) is 0 Å². The van der Waals surface area contributed by atoms with Crippen LogP contribution in [0.3, 0.4) is 0 Å². The number of hydrogen-bond donors (Lipinski definition) is 2. The fourth-order valence-corrected chi connectivity index (χ4v) is 3.22. The Morgan fingerprint density at radius 1 is 1.20 bits per heavy atom. The number of nitrogen functional groups attached to an aromatic ring is 1. The molecule has 0 saturated heterocycles. The van der Waals surface area contributed by atoms with Crippen LogP contribution >= 0.6 is 11.8 Å². The Balaban J connectivity index is 1.63. The van der Waals surface area contributed by atoms with Gasteiger partial charge in [-0.25, -0.2) is 4.39 Å². The summed E-state index contributed by atoms with van der Waals surface area (Å²) in [5.74, 6) is 5.46. The summed E-state index contributed by atoms with van der Waals surface area (Å²) < 4.78 is 19.8. The Morgan fingerprint density at radius 2 is 1.93 bits per heavy atom. The van der Waals surface area contributed by atoms with Crippen molar-refractivity contribution in [2.45, 2.75) is 18.5 Å². The number of benzene rings is 2. The Labute approximate surface area is 176 Å². The van der Waals surface area contributed by atoms with E-state index in [-0.39, 0.29) is 28.7 Å². The van der Waals surface area contributed by atoms with Gasteiger partial charge in [-0.05, 0) is 36.8 Å². The molecular formula is C20H20FN5O3S. The summed E-state index contributed by atoms with van der Waals surface area (Å²) in [6.45, 7) is 2.47. The minimum atomic E-state index is -0.537. The fraction of sp³-hybridized carbons (Fsp3) is 0.200. The highest BCUT2D eigenvalue weighted by molar-refractivity contribution is 7.99. The second-order valence-corrected chi connectivity index (χ2v) is 7.12. The molecule has 0 fully saturated rings. The molecule has 0 aliphatic heterocycles. The molecule has 3 aromatic rings. The summed E-state index contributed by atoms with van der Waals surface area (Å²) in [5, 5.41) is 10.4. The first-order chi connectivity index (χ1) is 14.5. The molecule has 1 amide bonds. The highest BCUT2D eigenvalue weighted by Gasteiger charge is 2.14. The smallest absolute Gasteiger partial charge is 0.294 e. The largest absolute Gasteiger partial charge is 0.494 e. The van der Waals surface area contributed by atoms with E-state index in [9.17, 15) is 14.0 Å². The maximum absolute atomic E-state index is 13.6. The quantitative estimate of drug-likeness (QED) is 0.417. The highest BCUT2D eigenvalue weighted by Crippen LogP contribution is 2.16. The van der Waals surface area contributed by atoms with Crippen molar-refractivity contribution in [2.75, 3.05) is 23.5 Å². The average molecular weight is 429 g/mol. The Kier molecular flexibility index (Phi) is 7.02. The van der Waals surface area contributed by atoms with Gasteiger partial charge in [0.15, 0.2) is 0 Å². The molecule has 1 aromatic heterocycles. The number of hydrogen-bond acceptors (Lipinski definition) is 7. The lowest BCUT2D eigenvalue weighted by Crippen LogP contribution is -2.34. The molecule has 0 radical (unpaired) electrons. The van der Waals surface area contributed by atoms with Crippen molar-refractivity contribution in [3.63, 3.8) is 0 Å². The summed E-state index contributed by atoms with van der Waals surface area (Å²) in [6, 6.07) is 13.1. The number of nitrogens with two attached hydrogens (primary N) is 1. The zero-order valence-electron chi connectivity index (χ0n) is 16.2. The van der Waals surface area contributed by atoms with Gasteiger partial charge in [-0.15, -0.1) is 10.2 Å². The maximum Gasteiger partial charge on any atom is 0.294 e. The number of carbonyl (C=O) groups excluding carboxylic acids is 1. The first kappa shape index (κ1) is 21.3. The van der Waals surface area contributed by atoms with Crippen LogP contribution in [0.15, 0.2) is 58.5 Å². The van der Waals surface area contributed by atoms with E-state index in [0.29, 0.717) is 6.61 Å². The number of ether oxygens (including phenoxy) is 1. The summed E-state index contributed by atoms with van der Waals surface area (Å²) in [4.78, 5) is 24.5. The summed E-state index contributed by atoms with van der Waals surface area (Å²) in [7, 11) is 0. The van der Waals surface area contributed by atoms with Gasteiger partial charge < -0.3 is 15.9 Å². The summed E-state index contributed by atoms with van der Waals surface area (Å²) in [5.41, 5.74) is 0.609. The minimum Gasteiger partial charge on any atom is -0.494 e. The summed E-state index contributed by atoms with van der Waals surface area (Å²) >= 11 is 0.930. The molecule has 2 aromatic carbocycles. The monoisotopic (exact) mass is 429 g/mol. The van der Waals surface area contributed by atoms with E-state index < -0.39 is 17.3 Å². The number of amides is 1. The van der Waals surface area contributed by atoms with Gasteiger partial charge >= 0.3 is 0 Å². The molecule has 10 heteroatoms. The number of carbonyl (C=O) groups is 1. The number of nitrogens with zero attached hydrogens (tertiary/aromatic N) is 3. The zero-order chi connectivity index (χ0) is 21.5. The van der Waals surface area contributed by atoms with Gasteiger partial charge in [0.1, 0.15) is 17.3 Å². The lowest BCUT2D eigenvalue weighted by Gasteiger charge is -2.09. The van der Waals surface area contributed by atoms with Crippen LogP contribution in [0.4, 0.5) is 10.1 Å². The molecule has 1 heterocycles. The van der Waals surface area contributed by atoms with Crippen LogP contribution in [0.5, 0.6) is 5.75 Å². The highest BCUT2D eigenvalue weighted by atomic mass is 32.2. The Morgan fingerprint density at radius 3 is 2.63 bits per heavy atom. The van der Waals surface area contributed by atoms with E-state index in [2.05, 4.69) is 15.5 Å². The van der Waals surface area contributed by atoms with Crippen molar-refractivity contribution in [3.05, 3.63) is 76.0 Å². The van der Waals surface area contributed by atoms with Crippen molar-refractivity contribution in [3.8, 4) is 5.75 Å². The van der Waals surface area contributed by atoms with E-state index in [0.717, 1.165) is 27.8 Å². The molecule has 156 valence electrons.